The minimum Gasteiger partial charge on any atom is -0.480 e. The molecule has 0 atom stereocenters. The van der Waals surface area contributed by atoms with Gasteiger partial charge in [-0.1, -0.05) is 0 Å². The van der Waals surface area contributed by atoms with Crippen LogP contribution in [0.4, 0.5) is 4.79 Å². The summed E-state index contributed by atoms with van der Waals surface area (Å²) >= 11 is 0. The van der Waals surface area contributed by atoms with Crippen LogP contribution in [0, 0.1) is 0 Å². The zero-order valence-electron chi connectivity index (χ0n) is 13.1. The van der Waals surface area contributed by atoms with E-state index in [9.17, 15) is 14.4 Å². The summed E-state index contributed by atoms with van der Waals surface area (Å²) in [5, 5.41) is 14.3. The molecule has 0 bridgehead atoms. The van der Waals surface area contributed by atoms with Gasteiger partial charge in [-0.25, -0.2) is 9.59 Å². The first kappa shape index (κ1) is 19.2. The topological polar surface area (TPSA) is 108 Å². The number of methoxy groups -OCH3 is 1. The first-order valence-electron chi connectivity index (χ1n) is 6.81. The molecule has 8 nitrogen and oxygen atoms in total. The van der Waals surface area contributed by atoms with Crippen LogP contribution < -0.4 is 10.6 Å². The van der Waals surface area contributed by atoms with Crippen LogP contribution in [0.15, 0.2) is 0 Å². The van der Waals surface area contributed by atoms with Crippen molar-refractivity contribution in [1.82, 2.24) is 15.5 Å². The van der Waals surface area contributed by atoms with Crippen LogP contribution in [-0.2, 0) is 14.3 Å². The summed E-state index contributed by atoms with van der Waals surface area (Å²) in [6.45, 7) is 5.84. The van der Waals surface area contributed by atoms with Crippen molar-refractivity contribution in [2.75, 3.05) is 33.4 Å². The molecule has 0 aliphatic heterocycles. The van der Waals surface area contributed by atoms with Gasteiger partial charge >= 0.3 is 12.0 Å². The van der Waals surface area contributed by atoms with E-state index in [1.807, 2.05) is 0 Å². The number of likely N-dealkylation sites (N-methyl/N-ethyl adjacent to an activating group) is 1. The Kier molecular flexibility index (Phi) is 8.37. The molecular formula is C13H25N3O5. The smallest absolute Gasteiger partial charge is 0.329 e. The van der Waals surface area contributed by atoms with E-state index in [1.54, 1.807) is 6.92 Å². The number of amides is 3. The summed E-state index contributed by atoms with van der Waals surface area (Å²) in [6, 6.07) is -0.505. The maximum atomic E-state index is 12.0. The number of rotatable bonds is 9. The van der Waals surface area contributed by atoms with Gasteiger partial charge < -0.3 is 25.4 Å². The number of aliphatic carboxylic acids is 1. The van der Waals surface area contributed by atoms with Crippen LogP contribution in [-0.4, -0.2) is 66.8 Å². The molecule has 0 saturated heterocycles. The largest absolute Gasteiger partial charge is 0.480 e. The highest BCUT2D eigenvalue weighted by atomic mass is 16.5. The molecular weight excluding hydrogens is 278 g/mol. The number of hydrogen-bond donors (Lipinski definition) is 3. The molecule has 0 heterocycles. The van der Waals surface area contributed by atoms with Crippen molar-refractivity contribution in [3.05, 3.63) is 0 Å². The third-order valence-electron chi connectivity index (χ3n) is 3.02. The number of carbonyl (C=O) groups excluding carboxylic acids is 2. The fourth-order valence-electron chi connectivity index (χ4n) is 1.67. The third-order valence-corrected chi connectivity index (χ3v) is 3.02. The molecule has 0 aromatic heterocycles. The third kappa shape index (κ3) is 6.44. The number of nitrogens with one attached hydrogen (secondary N) is 2. The van der Waals surface area contributed by atoms with Crippen LogP contribution >= 0.6 is 0 Å². The molecule has 0 unspecified atom stereocenters. The fourth-order valence-corrected chi connectivity index (χ4v) is 1.67. The Bertz CT molecular complexity index is 371. The van der Waals surface area contributed by atoms with Gasteiger partial charge in [0.25, 0.3) is 0 Å². The van der Waals surface area contributed by atoms with E-state index >= 15 is 0 Å². The second-order valence-corrected chi connectivity index (χ2v) is 4.93. The normalized spacial score (nSPS) is 10.9. The van der Waals surface area contributed by atoms with Gasteiger partial charge in [-0.2, -0.15) is 0 Å². The molecule has 0 saturated carbocycles. The Hall–Kier alpha value is -1.83. The second kappa shape index (κ2) is 9.17. The van der Waals surface area contributed by atoms with Crippen molar-refractivity contribution in [1.29, 1.82) is 0 Å². The molecule has 0 aliphatic carbocycles. The van der Waals surface area contributed by atoms with Crippen LogP contribution in [0.25, 0.3) is 0 Å². The zero-order chi connectivity index (χ0) is 16.5. The summed E-state index contributed by atoms with van der Waals surface area (Å²) in [6.07, 6.45) is 0.126. The van der Waals surface area contributed by atoms with E-state index in [1.165, 1.54) is 25.9 Å². The number of carbonyl (C=O) groups is 3. The van der Waals surface area contributed by atoms with Crippen LogP contribution in [0.3, 0.4) is 0 Å². The Labute approximate surface area is 124 Å². The average molecular weight is 303 g/mol. The summed E-state index contributed by atoms with van der Waals surface area (Å²) in [5.41, 5.74) is -1.31. The van der Waals surface area contributed by atoms with Gasteiger partial charge in [0.05, 0.1) is 6.61 Å². The van der Waals surface area contributed by atoms with Gasteiger partial charge in [-0.15, -0.1) is 0 Å². The standard InChI is InChI=1S/C13H25N3O5/c1-5-16(13(2,3)11(18)19)12(20)15-7-6-10(17)14-8-9-21-4/h5-9H2,1-4H3,(H,14,17)(H,15,20)(H,18,19). The maximum absolute atomic E-state index is 12.0. The molecule has 3 N–H and O–H groups in total. The summed E-state index contributed by atoms with van der Waals surface area (Å²) in [4.78, 5) is 35.7. The highest BCUT2D eigenvalue weighted by molar-refractivity contribution is 5.85. The average Bonchev–Trinajstić information content (AvgIpc) is 2.39. The lowest BCUT2D eigenvalue weighted by Crippen LogP contribution is -2.56. The first-order chi connectivity index (χ1) is 9.77. The van der Waals surface area contributed by atoms with E-state index in [2.05, 4.69) is 10.6 Å². The molecule has 21 heavy (non-hydrogen) atoms. The van der Waals surface area contributed by atoms with Crippen molar-refractivity contribution < 1.29 is 24.2 Å². The van der Waals surface area contributed by atoms with E-state index in [4.69, 9.17) is 9.84 Å². The first-order valence-corrected chi connectivity index (χ1v) is 6.81. The van der Waals surface area contributed by atoms with Gasteiger partial charge in [0.2, 0.25) is 5.91 Å². The van der Waals surface area contributed by atoms with E-state index in [0.29, 0.717) is 13.2 Å². The predicted octanol–water partition coefficient (Wildman–Crippen LogP) is 0.0338. The molecule has 0 aromatic carbocycles. The van der Waals surface area contributed by atoms with Crippen molar-refractivity contribution >= 4 is 17.9 Å². The molecule has 0 spiro atoms. The Morgan fingerprint density at radius 2 is 1.81 bits per heavy atom. The van der Waals surface area contributed by atoms with E-state index in [-0.39, 0.29) is 25.4 Å². The van der Waals surface area contributed by atoms with Crippen molar-refractivity contribution in [3.8, 4) is 0 Å². The highest BCUT2D eigenvalue weighted by Crippen LogP contribution is 2.14. The molecule has 3 amide bonds. The highest BCUT2D eigenvalue weighted by Gasteiger charge is 2.36. The van der Waals surface area contributed by atoms with Crippen molar-refractivity contribution in [2.45, 2.75) is 32.7 Å². The molecule has 0 rings (SSSR count). The number of carboxylic acids is 1. The number of urea groups is 1. The Balaban J connectivity index is 4.23. The van der Waals surface area contributed by atoms with Gasteiger partial charge in [0.1, 0.15) is 5.54 Å². The number of carboxylic acid groups (broad SMARTS) is 1. The van der Waals surface area contributed by atoms with Crippen LogP contribution in [0.5, 0.6) is 0 Å². The van der Waals surface area contributed by atoms with Crippen molar-refractivity contribution in [2.24, 2.45) is 0 Å². The van der Waals surface area contributed by atoms with Crippen LogP contribution in [0.2, 0.25) is 0 Å². The number of ether oxygens (including phenoxy) is 1. The SMILES string of the molecule is CCN(C(=O)NCCC(=O)NCCOC)C(C)(C)C(=O)O. The van der Waals surface area contributed by atoms with Gasteiger partial charge in [0, 0.05) is 33.2 Å². The van der Waals surface area contributed by atoms with Gasteiger partial charge in [-0.05, 0) is 20.8 Å². The second-order valence-electron chi connectivity index (χ2n) is 4.93. The maximum Gasteiger partial charge on any atom is 0.329 e. The Morgan fingerprint density at radius 1 is 1.19 bits per heavy atom. The van der Waals surface area contributed by atoms with Crippen LogP contribution in [0.1, 0.15) is 27.2 Å². The van der Waals surface area contributed by atoms with Gasteiger partial charge in [-0.3, -0.25) is 4.79 Å². The molecule has 0 radical (unpaired) electrons. The quantitative estimate of drug-likeness (QED) is 0.521. The lowest BCUT2D eigenvalue weighted by molar-refractivity contribution is -0.147. The molecule has 0 aliphatic rings. The Morgan fingerprint density at radius 3 is 2.29 bits per heavy atom. The minimum atomic E-state index is -1.31. The predicted molar refractivity (Wildman–Crippen MR) is 77.0 cm³/mol. The lowest BCUT2D eigenvalue weighted by atomic mass is 10.0. The molecule has 0 fully saturated rings. The van der Waals surface area contributed by atoms with Gasteiger partial charge in [0.15, 0.2) is 0 Å². The summed E-state index contributed by atoms with van der Waals surface area (Å²) < 4.78 is 4.79. The molecule has 122 valence electrons. The number of hydrogen-bond acceptors (Lipinski definition) is 4. The monoisotopic (exact) mass is 303 g/mol. The molecule has 0 aromatic rings. The summed E-state index contributed by atoms with van der Waals surface area (Å²) in [5.74, 6) is -1.29. The number of nitrogens with zero attached hydrogens (tertiary/aromatic N) is 1. The molecule has 8 heteroatoms. The van der Waals surface area contributed by atoms with Crippen molar-refractivity contribution in [3.63, 3.8) is 0 Å². The van der Waals surface area contributed by atoms with E-state index in [0.717, 1.165) is 0 Å². The summed E-state index contributed by atoms with van der Waals surface area (Å²) in [7, 11) is 1.54. The fraction of sp³-hybridized carbons (Fsp3) is 0.769. The minimum absolute atomic E-state index is 0.126. The zero-order valence-corrected chi connectivity index (χ0v) is 13.1. The lowest BCUT2D eigenvalue weighted by Gasteiger charge is -2.34. The van der Waals surface area contributed by atoms with E-state index < -0.39 is 17.5 Å².